The molecule has 4 nitrogen and oxygen atoms in total. The zero-order valence-corrected chi connectivity index (χ0v) is 11.6. The van der Waals surface area contributed by atoms with Gasteiger partial charge in [0, 0.05) is 12.6 Å². The third-order valence-corrected chi connectivity index (χ3v) is 2.92. The molecule has 0 aliphatic carbocycles. The minimum Gasteiger partial charge on any atom is -0.489 e. The van der Waals surface area contributed by atoms with Crippen molar-refractivity contribution in [3.63, 3.8) is 0 Å². The van der Waals surface area contributed by atoms with E-state index < -0.39 is 0 Å². The molecule has 0 saturated heterocycles. The molecule has 4 heteroatoms. The average Bonchev–Trinajstić information content (AvgIpc) is 2.47. The number of rotatable bonds is 6. The van der Waals surface area contributed by atoms with Gasteiger partial charge in [-0.15, -0.1) is 0 Å². The van der Waals surface area contributed by atoms with E-state index in [1.54, 1.807) is 12.3 Å². The summed E-state index contributed by atoms with van der Waals surface area (Å²) in [5.41, 5.74) is 1.53. The van der Waals surface area contributed by atoms with Crippen LogP contribution >= 0.6 is 0 Å². The van der Waals surface area contributed by atoms with Crippen LogP contribution < -0.4 is 9.47 Å². The van der Waals surface area contributed by atoms with Crippen LogP contribution in [0.25, 0.3) is 0 Å². The summed E-state index contributed by atoms with van der Waals surface area (Å²) in [7, 11) is 1.48. The fraction of sp³-hybridized carbons (Fsp3) is 0.250. The largest absolute Gasteiger partial charge is 0.489 e. The molecule has 0 saturated carbocycles. The zero-order valence-electron chi connectivity index (χ0n) is 11.6. The van der Waals surface area contributed by atoms with Crippen molar-refractivity contribution in [3.05, 3.63) is 53.7 Å². The molecular formula is C16H17NO3. The van der Waals surface area contributed by atoms with Gasteiger partial charge in [-0.3, -0.25) is 4.79 Å². The first-order valence-corrected chi connectivity index (χ1v) is 6.43. The summed E-state index contributed by atoms with van der Waals surface area (Å²) in [4.78, 5) is 15.1. The quantitative estimate of drug-likeness (QED) is 0.758. The Morgan fingerprint density at radius 1 is 1.25 bits per heavy atom. The molecule has 1 unspecified atom stereocenters. The number of ether oxygens (including phenoxy) is 2. The highest BCUT2D eigenvalue weighted by Crippen LogP contribution is 2.25. The molecule has 2 aromatic rings. The Morgan fingerprint density at radius 3 is 2.65 bits per heavy atom. The number of pyridine rings is 1. The normalized spacial score (nSPS) is 11.7. The Kier molecular flexibility index (Phi) is 4.71. The topological polar surface area (TPSA) is 48.4 Å². The lowest BCUT2D eigenvalue weighted by atomic mass is 10.1. The third kappa shape index (κ3) is 3.35. The number of carbonyl (C=O) groups excluding carboxylic acids is 1. The number of carbonyl (C=O) groups is 1. The molecule has 0 radical (unpaired) electrons. The molecule has 0 spiro atoms. The average molecular weight is 271 g/mol. The molecule has 1 atom stereocenters. The van der Waals surface area contributed by atoms with Crippen LogP contribution in [0, 0.1) is 0 Å². The van der Waals surface area contributed by atoms with Crippen LogP contribution in [-0.4, -0.2) is 24.5 Å². The van der Waals surface area contributed by atoms with Crippen molar-refractivity contribution in [3.8, 4) is 11.6 Å². The molecule has 0 fully saturated rings. The van der Waals surface area contributed by atoms with E-state index in [0.717, 1.165) is 6.42 Å². The van der Waals surface area contributed by atoms with Gasteiger partial charge in [0.1, 0.15) is 11.3 Å². The first-order valence-electron chi connectivity index (χ1n) is 6.43. The molecule has 1 aromatic carbocycles. The molecule has 104 valence electrons. The Hall–Kier alpha value is -2.36. The van der Waals surface area contributed by atoms with Crippen LogP contribution in [0.4, 0.5) is 0 Å². The van der Waals surface area contributed by atoms with Gasteiger partial charge in [-0.1, -0.05) is 30.3 Å². The smallest absolute Gasteiger partial charge is 0.227 e. The zero-order chi connectivity index (χ0) is 14.4. The van der Waals surface area contributed by atoms with Crippen molar-refractivity contribution in [1.82, 2.24) is 4.98 Å². The number of hydrogen-bond donors (Lipinski definition) is 0. The van der Waals surface area contributed by atoms with Crippen molar-refractivity contribution in [2.75, 3.05) is 7.11 Å². The van der Waals surface area contributed by atoms with Crippen molar-refractivity contribution in [1.29, 1.82) is 0 Å². The molecule has 1 aromatic heterocycles. The fourth-order valence-electron chi connectivity index (χ4n) is 2.02. The van der Waals surface area contributed by atoms with E-state index in [4.69, 9.17) is 9.47 Å². The summed E-state index contributed by atoms with van der Waals surface area (Å²) in [6.45, 7) is 1.97. The van der Waals surface area contributed by atoms with E-state index in [0.29, 0.717) is 17.6 Å². The number of methoxy groups -OCH3 is 1. The summed E-state index contributed by atoms with van der Waals surface area (Å²) in [6, 6.07) is 11.7. The molecule has 0 aliphatic rings. The van der Waals surface area contributed by atoms with Crippen molar-refractivity contribution in [2.45, 2.75) is 19.4 Å². The maximum Gasteiger partial charge on any atom is 0.227 e. The second-order valence-electron chi connectivity index (χ2n) is 4.47. The van der Waals surface area contributed by atoms with Gasteiger partial charge in [0.05, 0.1) is 13.2 Å². The first kappa shape index (κ1) is 14.1. The van der Waals surface area contributed by atoms with Gasteiger partial charge in [-0.2, -0.15) is 0 Å². The first-order chi connectivity index (χ1) is 9.74. The fourth-order valence-corrected chi connectivity index (χ4v) is 2.02. The van der Waals surface area contributed by atoms with Gasteiger partial charge >= 0.3 is 0 Å². The monoisotopic (exact) mass is 271 g/mol. The summed E-state index contributed by atoms with van der Waals surface area (Å²) >= 11 is 0. The standard InChI is InChI=1S/C16H17NO3/c1-12(10-13-6-4-3-5-7-13)20-15-8-9-17-16(19-2)14(15)11-18/h3-9,11-12H,10H2,1-2H3. The molecule has 0 amide bonds. The van der Waals surface area contributed by atoms with E-state index in [9.17, 15) is 4.79 Å². The Morgan fingerprint density at radius 2 is 2.00 bits per heavy atom. The molecule has 0 bridgehead atoms. The van der Waals surface area contributed by atoms with E-state index in [2.05, 4.69) is 4.98 Å². The molecule has 2 rings (SSSR count). The number of nitrogens with zero attached hydrogens (tertiary/aromatic N) is 1. The summed E-state index contributed by atoms with van der Waals surface area (Å²) in [6.07, 6.45) is 2.99. The van der Waals surface area contributed by atoms with Crippen LogP contribution in [0.3, 0.4) is 0 Å². The van der Waals surface area contributed by atoms with E-state index in [1.165, 1.54) is 12.7 Å². The Labute approximate surface area is 118 Å². The van der Waals surface area contributed by atoms with Gasteiger partial charge in [-0.25, -0.2) is 4.98 Å². The van der Waals surface area contributed by atoms with Gasteiger partial charge in [0.25, 0.3) is 0 Å². The minimum absolute atomic E-state index is 0.0526. The summed E-state index contributed by atoms with van der Waals surface area (Å²) < 4.78 is 10.9. The number of aromatic nitrogens is 1. The van der Waals surface area contributed by atoms with E-state index in [1.807, 2.05) is 37.3 Å². The number of hydrogen-bond acceptors (Lipinski definition) is 4. The number of aldehydes is 1. The predicted octanol–water partition coefficient (Wildman–Crippen LogP) is 2.91. The summed E-state index contributed by atoms with van der Waals surface area (Å²) in [5.74, 6) is 0.777. The molecular weight excluding hydrogens is 254 g/mol. The molecule has 20 heavy (non-hydrogen) atoms. The molecule has 0 N–H and O–H groups in total. The van der Waals surface area contributed by atoms with Crippen LogP contribution in [-0.2, 0) is 6.42 Å². The van der Waals surface area contributed by atoms with Crippen LogP contribution in [0.2, 0.25) is 0 Å². The van der Waals surface area contributed by atoms with Gasteiger partial charge < -0.3 is 9.47 Å². The maximum atomic E-state index is 11.1. The van der Waals surface area contributed by atoms with Gasteiger partial charge in [0.15, 0.2) is 6.29 Å². The van der Waals surface area contributed by atoms with Gasteiger partial charge in [0.2, 0.25) is 5.88 Å². The summed E-state index contributed by atoms with van der Waals surface area (Å²) in [5, 5.41) is 0. The maximum absolute atomic E-state index is 11.1. The highest BCUT2D eigenvalue weighted by atomic mass is 16.5. The van der Waals surface area contributed by atoms with E-state index >= 15 is 0 Å². The number of benzene rings is 1. The lowest BCUT2D eigenvalue weighted by Crippen LogP contribution is -2.16. The van der Waals surface area contributed by atoms with Crippen LogP contribution in [0.15, 0.2) is 42.6 Å². The van der Waals surface area contributed by atoms with Crippen LogP contribution in [0.1, 0.15) is 22.8 Å². The highest BCUT2D eigenvalue weighted by molar-refractivity contribution is 5.82. The Balaban J connectivity index is 2.11. The third-order valence-electron chi connectivity index (χ3n) is 2.92. The highest BCUT2D eigenvalue weighted by Gasteiger charge is 2.13. The van der Waals surface area contributed by atoms with E-state index in [-0.39, 0.29) is 12.0 Å². The van der Waals surface area contributed by atoms with Crippen molar-refractivity contribution >= 4 is 6.29 Å². The SMILES string of the molecule is COc1nccc(OC(C)Cc2ccccc2)c1C=O. The second-order valence-corrected chi connectivity index (χ2v) is 4.47. The molecule has 1 heterocycles. The van der Waals surface area contributed by atoms with Crippen molar-refractivity contribution < 1.29 is 14.3 Å². The predicted molar refractivity (Wildman–Crippen MR) is 76.4 cm³/mol. The second kappa shape index (κ2) is 6.70. The lowest BCUT2D eigenvalue weighted by molar-refractivity contribution is 0.111. The minimum atomic E-state index is -0.0526. The van der Waals surface area contributed by atoms with Gasteiger partial charge in [-0.05, 0) is 18.6 Å². The Bertz CT molecular complexity index is 569. The lowest BCUT2D eigenvalue weighted by Gasteiger charge is -2.16. The van der Waals surface area contributed by atoms with Crippen molar-refractivity contribution in [2.24, 2.45) is 0 Å². The molecule has 0 aliphatic heterocycles. The van der Waals surface area contributed by atoms with Crippen LogP contribution in [0.5, 0.6) is 11.6 Å².